The number of rotatable bonds is 15. The van der Waals surface area contributed by atoms with Crippen molar-refractivity contribution < 1.29 is 14.6 Å². The Bertz CT molecular complexity index is 484. The van der Waals surface area contributed by atoms with Crippen LogP contribution in [0.3, 0.4) is 0 Å². The van der Waals surface area contributed by atoms with Crippen molar-refractivity contribution in [3.63, 3.8) is 0 Å². The molecule has 0 radical (unpaired) electrons. The topological polar surface area (TPSA) is 38.7 Å². The molecule has 0 fully saturated rings. The molecule has 146 valence electrons. The Labute approximate surface area is 160 Å². The average Bonchev–Trinajstić information content (AvgIpc) is 2.67. The maximum absolute atomic E-state index is 8.55. The molecule has 26 heavy (non-hydrogen) atoms. The molecule has 0 amide bonds. The lowest BCUT2D eigenvalue weighted by Crippen LogP contribution is -1.98. The fourth-order valence-electron chi connectivity index (χ4n) is 2.70. The zero-order chi connectivity index (χ0) is 18.7. The van der Waals surface area contributed by atoms with Crippen LogP contribution in [0.5, 0.6) is 5.75 Å². The van der Waals surface area contributed by atoms with Gasteiger partial charge in [-0.1, -0.05) is 69.9 Å². The lowest BCUT2D eigenvalue weighted by atomic mass is 10.1. The fraction of sp³-hybridized carbons (Fsp3) is 0.652. The molecule has 0 aromatic heterocycles. The molecule has 0 aliphatic heterocycles. The summed E-state index contributed by atoms with van der Waals surface area (Å²) in [6.07, 6.45) is 12.2. The first-order valence-electron chi connectivity index (χ1n) is 10.2. The number of ether oxygens (including phenoxy) is 2. The average molecular weight is 361 g/mol. The summed E-state index contributed by atoms with van der Waals surface area (Å²) < 4.78 is 11.4. The van der Waals surface area contributed by atoms with Crippen molar-refractivity contribution >= 4 is 0 Å². The van der Waals surface area contributed by atoms with E-state index in [9.17, 15) is 0 Å². The van der Waals surface area contributed by atoms with Gasteiger partial charge in [0.2, 0.25) is 0 Å². The first-order valence-corrected chi connectivity index (χ1v) is 10.2. The van der Waals surface area contributed by atoms with Crippen LogP contribution in [0.4, 0.5) is 0 Å². The molecular weight excluding hydrogens is 324 g/mol. The van der Waals surface area contributed by atoms with Gasteiger partial charge in [-0.05, 0) is 30.5 Å². The van der Waals surface area contributed by atoms with Crippen LogP contribution in [0.15, 0.2) is 24.3 Å². The second-order valence-electron chi connectivity index (χ2n) is 6.64. The highest BCUT2D eigenvalue weighted by atomic mass is 16.5. The summed E-state index contributed by atoms with van der Waals surface area (Å²) in [5.74, 6) is 6.47. The summed E-state index contributed by atoms with van der Waals surface area (Å²) in [6.45, 7) is 4.31. The summed E-state index contributed by atoms with van der Waals surface area (Å²) in [7, 11) is 0. The smallest absolute Gasteiger partial charge is 0.119 e. The van der Waals surface area contributed by atoms with Crippen molar-refractivity contribution in [3.8, 4) is 17.6 Å². The van der Waals surface area contributed by atoms with Crippen LogP contribution in [0.2, 0.25) is 0 Å². The number of benzene rings is 1. The minimum absolute atomic E-state index is 0.0612. The minimum Gasteiger partial charge on any atom is -0.494 e. The van der Waals surface area contributed by atoms with Gasteiger partial charge in [0.15, 0.2) is 0 Å². The number of aliphatic hydroxyl groups is 1. The van der Waals surface area contributed by atoms with Gasteiger partial charge in [-0.25, -0.2) is 0 Å². The first kappa shape index (κ1) is 22.5. The molecule has 0 bridgehead atoms. The van der Waals surface area contributed by atoms with Crippen molar-refractivity contribution in [1.29, 1.82) is 0 Å². The Morgan fingerprint density at radius 1 is 0.808 bits per heavy atom. The number of aliphatic hydroxyl groups excluding tert-OH is 1. The highest BCUT2D eigenvalue weighted by Gasteiger charge is 1.97. The van der Waals surface area contributed by atoms with E-state index in [0.29, 0.717) is 13.2 Å². The number of hydrogen-bond donors (Lipinski definition) is 1. The van der Waals surface area contributed by atoms with Crippen molar-refractivity contribution in [2.75, 3.05) is 19.8 Å². The predicted molar refractivity (Wildman–Crippen MR) is 108 cm³/mol. The van der Waals surface area contributed by atoms with E-state index >= 15 is 0 Å². The molecule has 0 heterocycles. The summed E-state index contributed by atoms with van der Waals surface area (Å²) in [5, 5.41) is 8.55. The van der Waals surface area contributed by atoms with Crippen LogP contribution in [0.25, 0.3) is 0 Å². The maximum atomic E-state index is 8.55. The van der Waals surface area contributed by atoms with E-state index in [1.807, 2.05) is 12.1 Å². The van der Waals surface area contributed by atoms with Crippen LogP contribution >= 0.6 is 0 Å². The maximum Gasteiger partial charge on any atom is 0.119 e. The molecule has 0 unspecified atom stereocenters. The van der Waals surface area contributed by atoms with Crippen molar-refractivity contribution in [3.05, 3.63) is 29.8 Å². The Morgan fingerprint density at radius 3 is 2.19 bits per heavy atom. The van der Waals surface area contributed by atoms with Gasteiger partial charge in [0.25, 0.3) is 0 Å². The Hall–Kier alpha value is -1.50. The molecule has 0 spiro atoms. The molecule has 0 saturated heterocycles. The van der Waals surface area contributed by atoms with E-state index < -0.39 is 0 Å². The fourth-order valence-corrected chi connectivity index (χ4v) is 2.70. The van der Waals surface area contributed by atoms with Gasteiger partial charge in [0.1, 0.15) is 12.4 Å². The monoisotopic (exact) mass is 360 g/mol. The summed E-state index contributed by atoms with van der Waals surface area (Å²) >= 11 is 0. The molecule has 0 aliphatic carbocycles. The first-order chi connectivity index (χ1) is 12.9. The molecular formula is C23H36O3. The van der Waals surface area contributed by atoms with Crippen LogP contribution in [0.1, 0.15) is 76.7 Å². The third-order valence-corrected chi connectivity index (χ3v) is 4.25. The van der Waals surface area contributed by atoms with Gasteiger partial charge in [-0.3, -0.25) is 0 Å². The van der Waals surface area contributed by atoms with Crippen LogP contribution in [-0.2, 0) is 11.3 Å². The van der Waals surface area contributed by atoms with Gasteiger partial charge in [-0.2, -0.15) is 0 Å². The highest BCUT2D eigenvalue weighted by Crippen LogP contribution is 2.14. The number of hydrogen-bond acceptors (Lipinski definition) is 3. The Balaban J connectivity index is 2.01. The van der Waals surface area contributed by atoms with E-state index in [1.54, 1.807) is 0 Å². The number of unbranched alkanes of at least 4 members (excludes halogenated alkanes) is 8. The SMILES string of the molecule is CCCCCCCCCCOc1ccc(COCCCC#CCO)cc1. The van der Waals surface area contributed by atoms with Crippen LogP contribution in [0, 0.1) is 11.8 Å². The van der Waals surface area contributed by atoms with E-state index in [1.165, 1.54) is 44.9 Å². The second-order valence-corrected chi connectivity index (χ2v) is 6.64. The van der Waals surface area contributed by atoms with E-state index in [4.69, 9.17) is 14.6 Å². The lowest BCUT2D eigenvalue weighted by molar-refractivity contribution is 0.119. The van der Waals surface area contributed by atoms with Gasteiger partial charge >= 0.3 is 0 Å². The third-order valence-electron chi connectivity index (χ3n) is 4.25. The van der Waals surface area contributed by atoms with Gasteiger partial charge in [-0.15, -0.1) is 5.92 Å². The zero-order valence-corrected chi connectivity index (χ0v) is 16.5. The molecule has 1 aromatic carbocycles. The Kier molecular flexibility index (Phi) is 14.7. The zero-order valence-electron chi connectivity index (χ0n) is 16.5. The minimum atomic E-state index is -0.0612. The molecule has 0 aliphatic rings. The molecule has 1 N–H and O–H groups in total. The largest absolute Gasteiger partial charge is 0.494 e. The van der Waals surface area contributed by atoms with Crippen molar-refractivity contribution in [2.24, 2.45) is 0 Å². The van der Waals surface area contributed by atoms with Crippen LogP contribution in [-0.4, -0.2) is 24.9 Å². The standard InChI is InChI=1S/C23H36O3/c1-2-3-4-5-6-7-9-13-20-26-23-16-14-22(15-17-23)21-25-19-12-10-8-11-18-24/h14-17,24H,2-7,9-10,12-13,18-21H2,1H3. The normalized spacial score (nSPS) is 10.4. The van der Waals surface area contributed by atoms with Gasteiger partial charge in [0, 0.05) is 13.0 Å². The van der Waals surface area contributed by atoms with E-state index in [2.05, 4.69) is 30.9 Å². The lowest BCUT2D eigenvalue weighted by Gasteiger charge is -2.08. The predicted octanol–water partition coefficient (Wildman–Crippen LogP) is 5.50. The molecule has 1 rings (SSSR count). The highest BCUT2D eigenvalue weighted by molar-refractivity contribution is 5.26. The van der Waals surface area contributed by atoms with Crippen LogP contribution < -0.4 is 4.74 Å². The molecule has 3 heteroatoms. The molecule has 0 saturated carbocycles. The summed E-state index contributed by atoms with van der Waals surface area (Å²) in [6, 6.07) is 8.18. The summed E-state index contributed by atoms with van der Waals surface area (Å²) in [4.78, 5) is 0. The van der Waals surface area contributed by atoms with Crippen molar-refractivity contribution in [1.82, 2.24) is 0 Å². The van der Waals surface area contributed by atoms with Gasteiger partial charge < -0.3 is 14.6 Å². The van der Waals surface area contributed by atoms with E-state index in [0.717, 1.165) is 37.2 Å². The van der Waals surface area contributed by atoms with Gasteiger partial charge in [0.05, 0.1) is 13.2 Å². The second kappa shape index (κ2) is 16.9. The quantitative estimate of drug-likeness (QED) is 0.332. The Morgan fingerprint density at radius 2 is 1.50 bits per heavy atom. The summed E-state index contributed by atoms with van der Waals surface area (Å²) in [5.41, 5.74) is 1.16. The van der Waals surface area contributed by atoms with Crippen molar-refractivity contribution in [2.45, 2.75) is 77.7 Å². The molecule has 3 nitrogen and oxygen atoms in total. The molecule has 1 aromatic rings. The van der Waals surface area contributed by atoms with E-state index in [-0.39, 0.29) is 6.61 Å². The molecule has 0 atom stereocenters. The third kappa shape index (κ3) is 12.8.